The third kappa shape index (κ3) is 3.44. The highest BCUT2D eigenvalue weighted by atomic mass is 16.3. The molecule has 4 rings (SSSR count). The first-order valence-corrected chi connectivity index (χ1v) is 8.98. The Kier molecular flexibility index (Phi) is 4.53. The molecule has 2 aromatic carbocycles. The molecule has 6 nitrogen and oxygen atoms in total. The lowest BCUT2D eigenvalue weighted by molar-refractivity contribution is 0.101. The van der Waals surface area contributed by atoms with Gasteiger partial charge < -0.3 is 9.73 Å². The minimum atomic E-state index is -0.373. The van der Waals surface area contributed by atoms with E-state index < -0.39 is 0 Å². The summed E-state index contributed by atoms with van der Waals surface area (Å²) in [4.78, 5) is 17.2. The van der Waals surface area contributed by atoms with Gasteiger partial charge in [0.05, 0.1) is 12.0 Å². The van der Waals surface area contributed by atoms with Crippen molar-refractivity contribution in [1.29, 1.82) is 0 Å². The lowest BCUT2D eigenvalue weighted by atomic mass is 10.1. The number of nitrogens with zero attached hydrogens (tertiary/aromatic N) is 3. The van der Waals surface area contributed by atoms with Gasteiger partial charge in [-0.15, -0.1) is 5.10 Å². The van der Waals surface area contributed by atoms with Crippen molar-refractivity contribution in [3.05, 3.63) is 83.4 Å². The van der Waals surface area contributed by atoms with E-state index in [1.165, 1.54) is 5.56 Å². The molecule has 0 unspecified atom stereocenters. The average Bonchev–Trinajstić information content (AvgIpc) is 3.35. The number of aryl methyl sites for hydroxylation is 3. The number of aromatic nitrogens is 3. The summed E-state index contributed by atoms with van der Waals surface area (Å²) in [5, 5.41) is 7.30. The number of anilines is 1. The van der Waals surface area contributed by atoms with Crippen LogP contribution >= 0.6 is 0 Å². The third-order valence-electron chi connectivity index (χ3n) is 4.60. The maximum atomic E-state index is 12.8. The number of amides is 1. The van der Waals surface area contributed by atoms with Crippen LogP contribution in [0.15, 0.2) is 65.3 Å². The average molecular weight is 372 g/mol. The van der Waals surface area contributed by atoms with Crippen LogP contribution in [0.1, 0.15) is 27.3 Å². The highest BCUT2D eigenvalue weighted by Gasteiger charge is 2.20. The number of benzene rings is 2. The fourth-order valence-electron chi connectivity index (χ4n) is 2.85. The van der Waals surface area contributed by atoms with Crippen LogP contribution in [-0.2, 0) is 0 Å². The molecular weight excluding hydrogens is 352 g/mol. The molecule has 0 atom stereocenters. The lowest BCUT2D eigenvalue weighted by Crippen LogP contribution is -2.14. The minimum Gasteiger partial charge on any atom is -0.461 e. The highest BCUT2D eigenvalue weighted by molar-refractivity contribution is 6.01. The van der Waals surface area contributed by atoms with Crippen LogP contribution in [0.4, 0.5) is 5.69 Å². The number of carbonyl (C=O) groups is 1. The molecule has 0 aliphatic rings. The molecule has 0 bridgehead atoms. The summed E-state index contributed by atoms with van der Waals surface area (Å²) in [6, 6.07) is 17.2. The van der Waals surface area contributed by atoms with E-state index in [0.717, 1.165) is 16.8 Å². The van der Waals surface area contributed by atoms with Gasteiger partial charge in [-0.2, -0.15) is 4.98 Å². The molecule has 0 aliphatic heterocycles. The van der Waals surface area contributed by atoms with Crippen LogP contribution in [0.3, 0.4) is 0 Å². The number of furan rings is 1. The molecule has 2 aromatic heterocycles. The maximum Gasteiger partial charge on any atom is 0.295 e. The smallest absolute Gasteiger partial charge is 0.295 e. The number of carbonyl (C=O) groups excluding carboxylic acids is 1. The first kappa shape index (κ1) is 17.7. The van der Waals surface area contributed by atoms with Gasteiger partial charge in [0, 0.05) is 5.69 Å². The monoisotopic (exact) mass is 372 g/mol. The SMILES string of the molecule is Cc1ccc(-n2nc(C(=O)Nc3ccc(C)c(C)c3)nc2-c2ccco2)cc1. The van der Waals surface area contributed by atoms with E-state index in [9.17, 15) is 4.79 Å². The van der Waals surface area contributed by atoms with E-state index in [0.29, 0.717) is 17.3 Å². The normalized spacial score (nSPS) is 10.8. The molecule has 0 fully saturated rings. The van der Waals surface area contributed by atoms with Crippen LogP contribution in [-0.4, -0.2) is 20.7 Å². The molecular formula is C22H20N4O2. The second-order valence-electron chi connectivity index (χ2n) is 6.74. The van der Waals surface area contributed by atoms with E-state index in [-0.39, 0.29) is 11.7 Å². The van der Waals surface area contributed by atoms with Crippen LogP contribution in [0.25, 0.3) is 17.3 Å². The van der Waals surface area contributed by atoms with E-state index in [1.54, 1.807) is 23.1 Å². The molecule has 2 heterocycles. The summed E-state index contributed by atoms with van der Waals surface area (Å²) in [7, 11) is 0. The Balaban J connectivity index is 1.71. The fraction of sp³-hybridized carbons (Fsp3) is 0.136. The molecule has 0 aliphatic carbocycles. The van der Waals surface area contributed by atoms with Gasteiger partial charge in [0.15, 0.2) is 11.6 Å². The summed E-state index contributed by atoms with van der Waals surface area (Å²) in [5.74, 6) is 0.713. The first-order chi connectivity index (χ1) is 13.5. The summed E-state index contributed by atoms with van der Waals surface area (Å²) in [6.45, 7) is 6.05. The first-order valence-electron chi connectivity index (χ1n) is 8.98. The van der Waals surface area contributed by atoms with Gasteiger partial charge in [-0.25, -0.2) is 4.68 Å². The van der Waals surface area contributed by atoms with Gasteiger partial charge in [-0.05, 0) is 68.3 Å². The van der Waals surface area contributed by atoms with E-state index in [4.69, 9.17) is 4.42 Å². The second-order valence-corrected chi connectivity index (χ2v) is 6.74. The number of nitrogens with one attached hydrogen (secondary N) is 1. The van der Waals surface area contributed by atoms with Gasteiger partial charge in [0.1, 0.15) is 0 Å². The van der Waals surface area contributed by atoms with E-state index in [1.807, 2.05) is 63.2 Å². The fourth-order valence-corrected chi connectivity index (χ4v) is 2.85. The Bertz CT molecular complexity index is 1130. The Morgan fingerprint density at radius 3 is 2.46 bits per heavy atom. The summed E-state index contributed by atoms with van der Waals surface area (Å²) in [6.07, 6.45) is 1.57. The highest BCUT2D eigenvalue weighted by Crippen LogP contribution is 2.22. The van der Waals surface area contributed by atoms with Crippen LogP contribution in [0, 0.1) is 20.8 Å². The third-order valence-corrected chi connectivity index (χ3v) is 4.60. The summed E-state index contributed by atoms with van der Waals surface area (Å²) in [5.41, 5.74) is 4.91. The van der Waals surface area contributed by atoms with Crippen molar-refractivity contribution in [2.75, 3.05) is 5.32 Å². The molecule has 0 saturated heterocycles. The summed E-state index contributed by atoms with van der Waals surface area (Å²) >= 11 is 0. The minimum absolute atomic E-state index is 0.0743. The van der Waals surface area contributed by atoms with Gasteiger partial charge in [-0.3, -0.25) is 4.79 Å². The van der Waals surface area contributed by atoms with Crippen molar-refractivity contribution >= 4 is 11.6 Å². The van der Waals surface area contributed by atoms with E-state index >= 15 is 0 Å². The molecule has 4 aromatic rings. The second kappa shape index (κ2) is 7.15. The van der Waals surface area contributed by atoms with Crippen LogP contribution < -0.4 is 5.32 Å². The topological polar surface area (TPSA) is 73.0 Å². The molecule has 0 saturated carbocycles. The predicted molar refractivity (Wildman–Crippen MR) is 108 cm³/mol. The van der Waals surface area contributed by atoms with Crippen molar-refractivity contribution in [2.45, 2.75) is 20.8 Å². The van der Waals surface area contributed by atoms with Crippen molar-refractivity contribution < 1.29 is 9.21 Å². The zero-order valence-electron chi connectivity index (χ0n) is 15.9. The van der Waals surface area contributed by atoms with Gasteiger partial charge in [0.2, 0.25) is 5.82 Å². The Morgan fingerprint density at radius 1 is 1.00 bits per heavy atom. The number of hydrogen-bond acceptors (Lipinski definition) is 4. The molecule has 1 amide bonds. The Morgan fingerprint density at radius 2 is 1.79 bits per heavy atom. The van der Waals surface area contributed by atoms with Crippen molar-refractivity contribution in [3.8, 4) is 17.3 Å². The van der Waals surface area contributed by atoms with Gasteiger partial charge >= 0.3 is 0 Å². The zero-order chi connectivity index (χ0) is 19.7. The summed E-state index contributed by atoms with van der Waals surface area (Å²) < 4.78 is 7.11. The van der Waals surface area contributed by atoms with Crippen molar-refractivity contribution in [2.24, 2.45) is 0 Å². The zero-order valence-corrected chi connectivity index (χ0v) is 15.9. The standard InChI is InChI=1S/C22H20N4O2/c1-14-6-10-18(11-7-14)26-21(19-5-4-12-28-19)24-20(25-26)22(27)23-17-9-8-15(2)16(3)13-17/h4-13H,1-3H3,(H,23,27). The molecule has 0 radical (unpaired) electrons. The number of hydrogen-bond donors (Lipinski definition) is 1. The molecule has 28 heavy (non-hydrogen) atoms. The van der Waals surface area contributed by atoms with Gasteiger partial charge in [0.25, 0.3) is 5.91 Å². The van der Waals surface area contributed by atoms with Crippen molar-refractivity contribution in [1.82, 2.24) is 14.8 Å². The molecule has 140 valence electrons. The van der Waals surface area contributed by atoms with Crippen molar-refractivity contribution in [3.63, 3.8) is 0 Å². The largest absolute Gasteiger partial charge is 0.461 e. The Hall–Kier alpha value is -3.67. The van der Waals surface area contributed by atoms with E-state index in [2.05, 4.69) is 15.4 Å². The number of rotatable bonds is 4. The Labute approximate surface area is 162 Å². The van der Waals surface area contributed by atoms with Gasteiger partial charge in [-0.1, -0.05) is 23.8 Å². The van der Waals surface area contributed by atoms with Crippen LogP contribution in [0.2, 0.25) is 0 Å². The molecule has 1 N–H and O–H groups in total. The van der Waals surface area contributed by atoms with Crippen LogP contribution in [0.5, 0.6) is 0 Å². The molecule has 0 spiro atoms. The molecule has 6 heteroatoms. The quantitative estimate of drug-likeness (QED) is 0.563. The maximum absolute atomic E-state index is 12.8. The predicted octanol–water partition coefficient (Wildman–Crippen LogP) is 4.70. The lowest BCUT2D eigenvalue weighted by Gasteiger charge is -2.06.